The third-order valence-corrected chi connectivity index (χ3v) is 7.02. The minimum Gasteiger partial charge on any atom is -0.480 e. The van der Waals surface area contributed by atoms with Crippen LogP contribution in [0.5, 0.6) is 0 Å². The quantitative estimate of drug-likeness (QED) is 0.260. The van der Waals surface area contributed by atoms with Crippen LogP contribution in [0.1, 0.15) is 46.6 Å². The zero-order valence-electron chi connectivity index (χ0n) is 22.2. The van der Waals surface area contributed by atoms with E-state index in [1.54, 1.807) is 6.08 Å². The van der Waals surface area contributed by atoms with Crippen LogP contribution in [0, 0.1) is 5.92 Å². The number of fused-ring (bicyclic) bond motifs is 1. The van der Waals surface area contributed by atoms with Gasteiger partial charge in [0.1, 0.15) is 6.04 Å². The number of hydrogen-bond acceptors (Lipinski definition) is 6. The van der Waals surface area contributed by atoms with Gasteiger partial charge in [-0.25, -0.2) is 4.79 Å². The molecular weight excluding hydrogens is 506 g/mol. The number of Topliss-reactive ketones (excluding diaryl/α,β-unsaturated/α-hetero) is 2. The Morgan fingerprint density at radius 3 is 2.39 bits per heavy atom. The van der Waals surface area contributed by atoms with Crippen LogP contribution in [0.25, 0.3) is 0 Å². The van der Waals surface area contributed by atoms with Crippen molar-refractivity contribution in [2.45, 2.75) is 59.1 Å². The summed E-state index contributed by atoms with van der Waals surface area (Å²) in [5, 5.41) is 9.97. The van der Waals surface area contributed by atoms with Gasteiger partial charge in [-0.3, -0.25) is 14.4 Å². The molecule has 1 aromatic carbocycles. The number of ketones is 2. The molecule has 2 aliphatic rings. The van der Waals surface area contributed by atoms with Crippen LogP contribution in [0.3, 0.4) is 0 Å². The molecule has 8 heteroatoms. The van der Waals surface area contributed by atoms with Crippen molar-refractivity contribution < 1.29 is 29.0 Å². The van der Waals surface area contributed by atoms with Crippen molar-refractivity contribution in [1.82, 2.24) is 4.90 Å². The summed E-state index contributed by atoms with van der Waals surface area (Å²) in [6.45, 7) is 8.43. The lowest BCUT2D eigenvalue weighted by Crippen LogP contribution is -2.52. The Balaban J connectivity index is 2.18. The largest absolute Gasteiger partial charge is 0.480 e. The van der Waals surface area contributed by atoms with E-state index in [1.165, 1.54) is 24.1 Å². The van der Waals surface area contributed by atoms with Gasteiger partial charge in [0.05, 0.1) is 5.03 Å². The van der Waals surface area contributed by atoms with Crippen molar-refractivity contribution in [3.05, 3.63) is 93.8 Å². The summed E-state index contributed by atoms with van der Waals surface area (Å²) < 4.78 is 5.14. The summed E-state index contributed by atoms with van der Waals surface area (Å²) in [5.74, 6) is -3.15. The Morgan fingerprint density at radius 1 is 1.16 bits per heavy atom. The minimum absolute atomic E-state index is 0.00156. The summed E-state index contributed by atoms with van der Waals surface area (Å²) in [7, 11) is 0. The predicted octanol–water partition coefficient (Wildman–Crippen LogP) is 5.28. The molecule has 7 nitrogen and oxygen atoms in total. The molecule has 0 unspecified atom stereocenters. The molecule has 0 aromatic heterocycles. The number of hydrogen-bond donors (Lipinski definition) is 1. The van der Waals surface area contributed by atoms with Crippen molar-refractivity contribution in [2.24, 2.45) is 5.92 Å². The molecule has 200 valence electrons. The lowest BCUT2D eigenvalue weighted by Gasteiger charge is -2.37. The number of esters is 1. The van der Waals surface area contributed by atoms with Gasteiger partial charge in [-0.15, -0.1) is 0 Å². The molecule has 1 aliphatic heterocycles. The molecule has 0 bridgehead atoms. The number of aliphatic carboxylic acids is 1. The lowest BCUT2D eigenvalue weighted by molar-refractivity contribution is -0.167. The summed E-state index contributed by atoms with van der Waals surface area (Å²) in [6, 6.07) is 8.07. The summed E-state index contributed by atoms with van der Waals surface area (Å²) in [6.07, 6.45) is 9.75. The van der Waals surface area contributed by atoms with Gasteiger partial charge in [0.2, 0.25) is 17.2 Å². The second-order valence-electron chi connectivity index (χ2n) is 9.71. The highest BCUT2D eigenvalue weighted by Crippen LogP contribution is 2.40. The molecule has 0 amide bonds. The Morgan fingerprint density at radius 2 is 1.82 bits per heavy atom. The second-order valence-corrected chi connectivity index (χ2v) is 10.1. The Labute approximate surface area is 227 Å². The maximum absolute atomic E-state index is 13.5. The first kappa shape index (κ1) is 28.9. The van der Waals surface area contributed by atoms with Crippen LogP contribution in [-0.2, 0) is 30.3 Å². The maximum atomic E-state index is 13.5. The average molecular weight is 538 g/mol. The molecule has 0 saturated carbocycles. The Hall–Kier alpha value is -3.71. The van der Waals surface area contributed by atoms with E-state index in [9.17, 15) is 24.3 Å². The number of carbonyl (C=O) groups is 4. The van der Waals surface area contributed by atoms with E-state index < -0.39 is 35.1 Å². The first-order chi connectivity index (χ1) is 17.9. The lowest BCUT2D eigenvalue weighted by atomic mass is 9.79. The van der Waals surface area contributed by atoms with E-state index in [4.69, 9.17) is 16.3 Å². The standard InChI is InChI=1S/C30H32ClNO6/c1-6-18(2)14-19(3)12-13-22-16-23-24(27(34)30(5,38-20(4)33)28(35)26(23)31)17-32(22)25(29(36)37)15-21-10-8-7-9-11-21/h7-14,16-18,25H,6,15H2,1-5H3,(H,36,37)/b13-12+,19-14+/t18-,25-,30+/m0/s1. The van der Waals surface area contributed by atoms with Gasteiger partial charge in [-0.05, 0) is 37.5 Å². The molecule has 0 spiro atoms. The Kier molecular flexibility index (Phi) is 8.94. The topological polar surface area (TPSA) is 101 Å². The fourth-order valence-corrected chi connectivity index (χ4v) is 4.74. The van der Waals surface area contributed by atoms with Crippen molar-refractivity contribution in [1.29, 1.82) is 0 Å². The number of allylic oxidation sites excluding steroid dienone is 6. The van der Waals surface area contributed by atoms with E-state index in [-0.39, 0.29) is 22.6 Å². The molecule has 0 saturated heterocycles. The molecule has 3 atom stereocenters. The number of carbonyl (C=O) groups excluding carboxylic acids is 3. The molecule has 1 aromatic rings. The van der Waals surface area contributed by atoms with Crippen LogP contribution in [0.15, 0.2) is 88.3 Å². The zero-order chi connectivity index (χ0) is 28.2. The van der Waals surface area contributed by atoms with Gasteiger partial charge in [0.15, 0.2) is 0 Å². The van der Waals surface area contributed by atoms with Crippen molar-refractivity contribution >= 4 is 35.1 Å². The second kappa shape index (κ2) is 11.8. The van der Waals surface area contributed by atoms with Crippen LogP contribution in [0.2, 0.25) is 0 Å². The van der Waals surface area contributed by atoms with Crippen molar-refractivity contribution in [3.63, 3.8) is 0 Å². The van der Waals surface area contributed by atoms with E-state index in [0.29, 0.717) is 11.6 Å². The number of ether oxygens (including phenoxy) is 1. The number of benzene rings is 1. The zero-order valence-corrected chi connectivity index (χ0v) is 22.9. The third kappa shape index (κ3) is 6.05. The van der Waals surface area contributed by atoms with E-state index in [0.717, 1.165) is 24.5 Å². The van der Waals surface area contributed by atoms with Crippen LogP contribution in [0.4, 0.5) is 0 Å². The van der Waals surface area contributed by atoms with Gasteiger partial charge in [0, 0.05) is 36.4 Å². The number of carboxylic acids is 1. The van der Waals surface area contributed by atoms with Crippen LogP contribution < -0.4 is 0 Å². The van der Waals surface area contributed by atoms with Gasteiger partial charge in [-0.2, -0.15) is 0 Å². The van der Waals surface area contributed by atoms with E-state index in [1.807, 2.05) is 43.3 Å². The highest BCUT2D eigenvalue weighted by molar-refractivity contribution is 6.49. The van der Waals surface area contributed by atoms with Gasteiger partial charge in [0.25, 0.3) is 0 Å². The van der Waals surface area contributed by atoms with Gasteiger partial charge < -0.3 is 14.7 Å². The summed E-state index contributed by atoms with van der Waals surface area (Å²) in [4.78, 5) is 52.3. The van der Waals surface area contributed by atoms with Crippen LogP contribution in [-0.4, -0.2) is 45.2 Å². The number of nitrogens with zero attached hydrogens (tertiary/aromatic N) is 1. The molecule has 0 fully saturated rings. The highest BCUT2D eigenvalue weighted by atomic mass is 35.5. The van der Waals surface area contributed by atoms with Gasteiger partial charge >= 0.3 is 11.9 Å². The monoisotopic (exact) mass is 537 g/mol. The molecule has 3 rings (SSSR count). The Bertz CT molecular complexity index is 1300. The molecule has 1 heterocycles. The summed E-state index contributed by atoms with van der Waals surface area (Å²) in [5.41, 5.74) is 0.237. The fraction of sp³-hybridized carbons (Fsp3) is 0.333. The molecular formula is C30H32ClNO6. The van der Waals surface area contributed by atoms with Crippen LogP contribution >= 0.6 is 11.6 Å². The first-order valence-corrected chi connectivity index (χ1v) is 12.8. The number of rotatable bonds is 9. The number of halogens is 1. The molecule has 1 N–H and O–H groups in total. The molecule has 1 aliphatic carbocycles. The third-order valence-electron chi connectivity index (χ3n) is 6.64. The molecule has 0 radical (unpaired) electrons. The normalized spacial score (nSPS) is 21.6. The maximum Gasteiger partial charge on any atom is 0.327 e. The minimum atomic E-state index is -2.14. The SMILES string of the molecule is CC[C@H](C)/C=C(C)/C=C/C1=CC2=C(Cl)C(=O)[C@](C)(OC(C)=O)C(=O)C2=CN1[C@@H](Cc1ccccc1)C(=O)O. The average Bonchev–Trinajstić information content (AvgIpc) is 2.88. The van der Waals surface area contributed by atoms with Crippen molar-refractivity contribution in [3.8, 4) is 0 Å². The van der Waals surface area contributed by atoms with E-state index >= 15 is 0 Å². The highest BCUT2D eigenvalue weighted by Gasteiger charge is 2.52. The fourth-order valence-electron chi connectivity index (χ4n) is 4.40. The van der Waals surface area contributed by atoms with Crippen molar-refractivity contribution in [2.75, 3.05) is 0 Å². The van der Waals surface area contributed by atoms with E-state index in [2.05, 4.69) is 19.9 Å². The smallest absolute Gasteiger partial charge is 0.327 e. The number of carboxylic acid groups (broad SMARTS) is 1. The summed E-state index contributed by atoms with van der Waals surface area (Å²) >= 11 is 6.44. The van der Waals surface area contributed by atoms with Gasteiger partial charge in [-0.1, -0.05) is 79.9 Å². The first-order valence-electron chi connectivity index (χ1n) is 12.4. The molecule has 38 heavy (non-hydrogen) atoms. The predicted molar refractivity (Wildman–Crippen MR) is 145 cm³/mol.